The van der Waals surface area contributed by atoms with Crippen LogP contribution in [0, 0.1) is 0 Å². The molecule has 0 radical (unpaired) electrons. The van der Waals surface area contributed by atoms with Crippen molar-refractivity contribution in [3.63, 3.8) is 0 Å². The number of carbonyl (C=O) groups is 2. The van der Waals surface area contributed by atoms with E-state index in [1.54, 1.807) is 0 Å². The van der Waals surface area contributed by atoms with E-state index in [-0.39, 0.29) is 18.7 Å². The molecule has 5 heteroatoms. The topological polar surface area (TPSA) is 66.8 Å². The molecule has 5 nitrogen and oxygen atoms in total. The fourth-order valence-electron chi connectivity index (χ4n) is 7.17. The van der Waals surface area contributed by atoms with Crippen LogP contribution in [0.25, 0.3) is 0 Å². The van der Waals surface area contributed by atoms with Gasteiger partial charge in [0.25, 0.3) is 0 Å². The summed E-state index contributed by atoms with van der Waals surface area (Å²) in [5.74, 6) is 0.321. The van der Waals surface area contributed by atoms with Gasteiger partial charge in [0.2, 0.25) is 0 Å². The lowest BCUT2D eigenvalue weighted by atomic mass is 9.97. The second-order valence-electron chi connectivity index (χ2n) is 15.8. The number of rotatable bonds is 41. The van der Waals surface area contributed by atoms with Crippen LogP contribution in [-0.4, -0.2) is 54.1 Å². The van der Waals surface area contributed by atoms with E-state index >= 15 is 0 Å². The van der Waals surface area contributed by atoms with Gasteiger partial charge in [-0.25, -0.2) is 0 Å². The third-order valence-corrected chi connectivity index (χ3v) is 10.5. The van der Waals surface area contributed by atoms with Crippen molar-refractivity contribution in [1.82, 2.24) is 4.90 Å². The summed E-state index contributed by atoms with van der Waals surface area (Å²) in [4.78, 5) is 27.4. The lowest BCUT2D eigenvalue weighted by Gasteiger charge is -2.21. The van der Waals surface area contributed by atoms with Crippen molar-refractivity contribution in [2.24, 2.45) is 0 Å². The zero-order valence-corrected chi connectivity index (χ0v) is 34.9. The van der Waals surface area contributed by atoms with Gasteiger partial charge in [0.05, 0.1) is 12.7 Å². The average molecular weight is 720 g/mol. The highest BCUT2D eigenvalue weighted by molar-refractivity contribution is 5.90. The highest BCUT2D eigenvalue weighted by Crippen LogP contribution is 2.20. The summed E-state index contributed by atoms with van der Waals surface area (Å²) in [5, 5.41) is 9.56. The van der Waals surface area contributed by atoms with E-state index in [1.807, 2.05) is 13.0 Å². The Labute approximate surface area is 318 Å². The van der Waals surface area contributed by atoms with Crippen molar-refractivity contribution in [2.45, 2.75) is 246 Å². The zero-order valence-electron chi connectivity index (χ0n) is 34.9. The fraction of sp³-hybridized carbons (Fsp3) is 0.913. The minimum atomic E-state index is -0.0298. The molecule has 0 saturated heterocycles. The Morgan fingerprint density at radius 2 is 0.902 bits per heavy atom. The lowest BCUT2D eigenvalue weighted by molar-refractivity contribution is -0.148. The van der Waals surface area contributed by atoms with Gasteiger partial charge in [-0.3, -0.25) is 9.59 Å². The minimum Gasteiger partial charge on any atom is -0.463 e. The first-order valence-corrected chi connectivity index (χ1v) is 22.7. The van der Waals surface area contributed by atoms with Gasteiger partial charge < -0.3 is 14.7 Å². The monoisotopic (exact) mass is 720 g/mol. The standard InChI is InChI=1S/C46H89NO4/c1-5-8-11-14-19-26-33-43(4)51-46(50)37-30-23-18-25-32-39-47(40-41-48)38-31-24-17-22-29-36-45(49)42-44(34-27-20-15-12-9-6-2)35-28-21-16-13-10-7-3/h42-43,48H,5-41H2,1-4H3. The molecule has 302 valence electrons. The molecule has 0 amide bonds. The largest absolute Gasteiger partial charge is 0.463 e. The molecule has 0 saturated carbocycles. The number of esters is 1. The maximum Gasteiger partial charge on any atom is 0.306 e. The number of ketones is 1. The summed E-state index contributed by atoms with van der Waals surface area (Å²) >= 11 is 0. The highest BCUT2D eigenvalue weighted by Gasteiger charge is 2.10. The second kappa shape index (κ2) is 40.0. The number of unbranched alkanes of at least 4 members (excludes halogenated alkanes) is 23. The van der Waals surface area contributed by atoms with Gasteiger partial charge in [0.1, 0.15) is 0 Å². The molecule has 0 aromatic heterocycles. The first-order chi connectivity index (χ1) is 25.0. The van der Waals surface area contributed by atoms with Crippen LogP contribution in [0.3, 0.4) is 0 Å². The van der Waals surface area contributed by atoms with E-state index in [9.17, 15) is 14.7 Å². The van der Waals surface area contributed by atoms with Gasteiger partial charge in [-0.15, -0.1) is 0 Å². The number of hydrogen-bond acceptors (Lipinski definition) is 5. The third kappa shape index (κ3) is 36.9. The van der Waals surface area contributed by atoms with Crippen LogP contribution in [0.2, 0.25) is 0 Å². The maximum absolute atomic E-state index is 12.8. The molecule has 0 fully saturated rings. The van der Waals surface area contributed by atoms with Crippen LogP contribution in [-0.2, 0) is 14.3 Å². The molecule has 0 aliphatic heterocycles. The Morgan fingerprint density at radius 1 is 0.510 bits per heavy atom. The van der Waals surface area contributed by atoms with Crippen molar-refractivity contribution < 1.29 is 19.4 Å². The number of aliphatic hydroxyl groups excluding tert-OH is 1. The van der Waals surface area contributed by atoms with E-state index in [0.29, 0.717) is 18.6 Å². The Balaban J connectivity index is 4.07. The average Bonchev–Trinajstić information content (AvgIpc) is 3.11. The number of aliphatic hydroxyl groups is 1. The minimum absolute atomic E-state index is 0.0298. The Kier molecular flexibility index (Phi) is 39.1. The second-order valence-corrected chi connectivity index (χ2v) is 15.8. The first kappa shape index (κ1) is 49.8. The molecule has 51 heavy (non-hydrogen) atoms. The number of nitrogens with zero attached hydrogens (tertiary/aromatic N) is 1. The number of hydrogen-bond donors (Lipinski definition) is 1. The van der Waals surface area contributed by atoms with Crippen LogP contribution < -0.4 is 0 Å². The van der Waals surface area contributed by atoms with E-state index in [1.165, 1.54) is 134 Å². The lowest BCUT2D eigenvalue weighted by Crippen LogP contribution is -2.29. The van der Waals surface area contributed by atoms with Gasteiger partial charge in [-0.05, 0) is 90.3 Å². The predicted molar refractivity (Wildman–Crippen MR) is 222 cm³/mol. The van der Waals surface area contributed by atoms with Crippen LogP contribution in [0.5, 0.6) is 0 Å². The number of carbonyl (C=O) groups excluding carboxylic acids is 2. The molecular weight excluding hydrogens is 631 g/mol. The summed E-state index contributed by atoms with van der Waals surface area (Å²) in [6, 6.07) is 0. The maximum atomic E-state index is 12.8. The fourth-order valence-corrected chi connectivity index (χ4v) is 7.17. The van der Waals surface area contributed by atoms with E-state index in [4.69, 9.17) is 4.74 Å². The molecular formula is C46H89NO4. The molecule has 0 aliphatic carbocycles. The summed E-state index contributed by atoms with van der Waals surface area (Å²) < 4.78 is 5.62. The van der Waals surface area contributed by atoms with Crippen LogP contribution in [0.15, 0.2) is 11.6 Å². The zero-order chi connectivity index (χ0) is 37.5. The Bertz CT molecular complexity index is 763. The van der Waals surface area contributed by atoms with Crippen LogP contribution >= 0.6 is 0 Å². The van der Waals surface area contributed by atoms with Gasteiger partial charge >= 0.3 is 5.97 Å². The Morgan fingerprint density at radius 3 is 1.37 bits per heavy atom. The molecule has 1 N–H and O–H groups in total. The normalized spacial score (nSPS) is 12.0. The molecule has 0 spiro atoms. The molecule has 0 heterocycles. The Hall–Kier alpha value is -1.20. The molecule has 1 atom stereocenters. The predicted octanol–water partition coefficient (Wildman–Crippen LogP) is 13.6. The summed E-state index contributed by atoms with van der Waals surface area (Å²) in [6.07, 6.45) is 41.1. The van der Waals surface area contributed by atoms with E-state index in [2.05, 4.69) is 25.7 Å². The van der Waals surface area contributed by atoms with Gasteiger partial charge in [0.15, 0.2) is 5.78 Å². The molecule has 1 unspecified atom stereocenters. The quantitative estimate of drug-likeness (QED) is 0.0387. The summed E-state index contributed by atoms with van der Waals surface area (Å²) in [7, 11) is 0. The number of allylic oxidation sites excluding steroid dienone is 2. The van der Waals surface area contributed by atoms with Crippen molar-refractivity contribution in [3.05, 3.63) is 11.6 Å². The van der Waals surface area contributed by atoms with Crippen LogP contribution in [0.4, 0.5) is 0 Å². The summed E-state index contributed by atoms with van der Waals surface area (Å²) in [6.45, 7) is 11.9. The third-order valence-electron chi connectivity index (χ3n) is 10.5. The molecule has 0 aliphatic rings. The van der Waals surface area contributed by atoms with Crippen molar-refractivity contribution in [2.75, 3.05) is 26.2 Å². The molecule has 0 aromatic carbocycles. The van der Waals surface area contributed by atoms with Gasteiger partial charge in [0, 0.05) is 19.4 Å². The SMILES string of the molecule is CCCCCCCCC(=CC(=O)CCCCCCCN(CCO)CCCCCCCC(=O)OC(C)CCCCCCCC)CCCCCCCC. The molecule has 0 aromatic rings. The van der Waals surface area contributed by atoms with Gasteiger partial charge in [-0.1, -0.05) is 161 Å². The first-order valence-electron chi connectivity index (χ1n) is 22.7. The number of ether oxygens (including phenoxy) is 1. The van der Waals surface area contributed by atoms with E-state index < -0.39 is 0 Å². The molecule has 0 rings (SSSR count). The van der Waals surface area contributed by atoms with Crippen molar-refractivity contribution >= 4 is 11.8 Å². The summed E-state index contributed by atoms with van der Waals surface area (Å²) in [5.41, 5.74) is 1.42. The van der Waals surface area contributed by atoms with E-state index in [0.717, 1.165) is 90.3 Å². The van der Waals surface area contributed by atoms with Crippen molar-refractivity contribution in [1.29, 1.82) is 0 Å². The molecule has 0 bridgehead atoms. The van der Waals surface area contributed by atoms with Crippen molar-refractivity contribution in [3.8, 4) is 0 Å². The highest BCUT2D eigenvalue weighted by atomic mass is 16.5. The van der Waals surface area contributed by atoms with Crippen LogP contribution in [0.1, 0.15) is 240 Å². The smallest absolute Gasteiger partial charge is 0.306 e. The van der Waals surface area contributed by atoms with Gasteiger partial charge in [-0.2, -0.15) is 0 Å².